The summed E-state index contributed by atoms with van der Waals surface area (Å²) in [7, 11) is 0. The third-order valence-electron chi connectivity index (χ3n) is 6.02. The van der Waals surface area contributed by atoms with E-state index in [1.54, 1.807) is 0 Å². The van der Waals surface area contributed by atoms with Gasteiger partial charge >= 0.3 is 0 Å². The summed E-state index contributed by atoms with van der Waals surface area (Å²) in [6.07, 6.45) is 2.75. The van der Waals surface area contributed by atoms with Gasteiger partial charge in [-0.2, -0.15) is 0 Å². The van der Waals surface area contributed by atoms with Crippen LogP contribution in [0.5, 0.6) is 0 Å². The number of aromatic nitrogens is 1. The smallest absolute Gasteiger partial charge is 0.251 e. The number of rotatable bonds is 7. The number of ketones is 1. The third-order valence-corrected chi connectivity index (χ3v) is 6.48. The van der Waals surface area contributed by atoms with Crippen molar-refractivity contribution in [3.8, 4) is 0 Å². The van der Waals surface area contributed by atoms with Crippen LogP contribution in [0.25, 0.3) is 0 Å². The lowest BCUT2D eigenvalue weighted by molar-refractivity contribution is 0.0846. The van der Waals surface area contributed by atoms with E-state index < -0.39 is 0 Å². The van der Waals surface area contributed by atoms with E-state index in [0.29, 0.717) is 24.4 Å². The topological polar surface area (TPSA) is 62.4 Å². The number of hydrogen-bond donors (Lipinski definition) is 1. The molecule has 1 aromatic carbocycles. The average Bonchev–Trinajstić information content (AvgIpc) is 2.70. The minimum atomic E-state index is -0.0939. The summed E-state index contributed by atoms with van der Waals surface area (Å²) in [5.74, 6) is 0.0671. The van der Waals surface area contributed by atoms with E-state index >= 15 is 0 Å². The Morgan fingerprint density at radius 1 is 1.20 bits per heavy atom. The number of halogens is 1. The first-order valence-electron chi connectivity index (χ1n) is 10.7. The van der Waals surface area contributed by atoms with Crippen molar-refractivity contribution in [2.24, 2.45) is 0 Å². The number of hydrogen-bond acceptors (Lipinski definition) is 4. The molecular weight excluding hydrogens is 444 g/mol. The molecule has 2 heterocycles. The highest BCUT2D eigenvalue weighted by molar-refractivity contribution is 9.10. The highest BCUT2D eigenvalue weighted by atomic mass is 79.9. The predicted molar refractivity (Wildman–Crippen MR) is 125 cm³/mol. The van der Waals surface area contributed by atoms with Gasteiger partial charge in [-0.15, -0.1) is 0 Å². The Hall–Kier alpha value is -1.92. The van der Waals surface area contributed by atoms with E-state index in [1.165, 1.54) is 0 Å². The first-order valence-corrected chi connectivity index (χ1v) is 11.5. The van der Waals surface area contributed by atoms with E-state index in [1.807, 2.05) is 32.9 Å². The number of nitrogens with one attached hydrogen (secondary N) is 1. The molecule has 1 saturated heterocycles. The summed E-state index contributed by atoms with van der Waals surface area (Å²) >= 11 is 3.61. The molecule has 2 aromatic rings. The zero-order valence-corrected chi connectivity index (χ0v) is 19.9. The molecule has 0 saturated carbocycles. The van der Waals surface area contributed by atoms with Crippen molar-refractivity contribution in [1.29, 1.82) is 0 Å². The van der Waals surface area contributed by atoms with Crippen LogP contribution in [-0.2, 0) is 11.2 Å². The number of aryl methyl sites for hydroxylation is 2. The summed E-state index contributed by atoms with van der Waals surface area (Å²) in [5.41, 5.74) is 5.21. The molecule has 162 valence electrons. The van der Waals surface area contributed by atoms with Crippen LogP contribution in [0.3, 0.4) is 0 Å². The molecule has 1 N–H and O–H groups in total. The number of pyridine rings is 1. The van der Waals surface area contributed by atoms with Gasteiger partial charge in [-0.1, -0.05) is 15.9 Å². The molecule has 0 spiro atoms. The molecule has 0 unspecified atom stereocenters. The Morgan fingerprint density at radius 2 is 1.90 bits per heavy atom. The molecule has 1 fully saturated rings. The maximum absolute atomic E-state index is 13.1. The van der Waals surface area contributed by atoms with Crippen molar-refractivity contribution in [1.82, 2.24) is 4.98 Å². The number of Topliss-reactive ketones (excluding diaryl/α,β-unsaturated/α-hetero) is 1. The maximum atomic E-state index is 13.1. The van der Waals surface area contributed by atoms with Gasteiger partial charge in [-0.3, -0.25) is 9.59 Å². The summed E-state index contributed by atoms with van der Waals surface area (Å²) < 4.78 is 6.43. The van der Waals surface area contributed by atoms with Crippen molar-refractivity contribution in [2.45, 2.75) is 59.4 Å². The van der Waals surface area contributed by atoms with Gasteiger partial charge in [0.15, 0.2) is 5.78 Å². The standard InChI is InChI=1S/C24H31BrN2O3/c1-5-27(19-8-10-30-11-9-19)22-14-18(25)13-21(17(22)4)23(28)7-6-20-15(2)12-16(3)26-24(20)29/h12-14,19H,5-11H2,1-4H3,(H,26,29). The molecule has 0 bridgehead atoms. The average molecular weight is 475 g/mol. The van der Waals surface area contributed by atoms with Gasteiger partial charge in [0.2, 0.25) is 0 Å². The Morgan fingerprint density at radius 3 is 2.53 bits per heavy atom. The minimum absolute atomic E-state index is 0.0671. The van der Waals surface area contributed by atoms with Gasteiger partial charge in [-0.05, 0) is 76.3 Å². The van der Waals surface area contributed by atoms with Crippen LogP contribution in [0.15, 0.2) is 27.5 Å². The van der Waals surface area contributed by atoms with E-state index in [4.69, 9.17) is 4.74 Å². The fraction of sp³-hybridized carbons (Fsp3) is 0.500. The van der Waals surface area contributed by atoms with Crippen LogP contribution in [-0.4, -0.2) is 36.6 Å². The van der Waals surface area contributed by atoms with Gasteiger partial charge in [-0.25, -0.2) is 0 Å². The van der Waals surface area contributed by atoms with Crippen molar-refractivity contribution in [2.75, 3.05) is 24.7 Å². The van der Waals surface area contributed by atoms with Crippen LogP contribution < -0.4 is 10.5 Å². The Bertz CT molecular complexity index is 977. The zero-order valence-electron chi connectivity index (χ0n) is 18.3. The van der Waals surface area contributed by atoms with E-state index in [0.717, 1.165) is 65.1 Å². The maximum Gasteiger partial charge on any atom is 0.251 e. The molecule has 1 aliphatic heterocycles. The number of anilines is 1. The van der Waals surface area contributed by atoms with Crippen molar-refractivity contribution in [3.05, 3.63) is 61.0 Å². The number of aromatic amines is 1. The van der Waals surface area contributed by atoms with Crippen LogP contribution in [0.2, 0.25) is 0 Å². The molecule has 3 rings (SSSR count). The first-order chi connectivity index (χ1) is 14.3. The summed E-state index contributed by atoms with van der Waals surface area (Å²) in [5, 5.41) is 0. The fourth-order valence-electron chi connectivity index (χ4n) is 4.44. The molecule has 0 amide bonds. The number of carbonyl (C=O) groups is 1. The van der Waals surface area contributed by atoms with Crippen molar-refractivity contribution in [3.63, 3.8) is 0 Å². The second-order valence-electron chi connectivity index (χ2n) is 8.09. The quantitative estimate of drug-likeness (QED) is 0.580. The van der Waals surface area contributed by atoms with Crippen LogP contribution in [0, 0.1) is 20.8 Å². The highest BCUT2D eigenvalue weighted by Crippen LogP contribution is 2.32. The number of ether oxygens (including phenoxy) is 1. The van der Waals surface area contributed by atoms with Gasteiger partial charge in [0.1, 0.15) is 0 Å². The van der Waals surface area contributed by atoms with Crippen molar-refractivity contribution >= 4 is 27.4 Å². The summed E-state index contributed by atoms with van der Waals surface area (Å²) in [6, 6.07) is 6.40. The Balaban J connectivity index is 1.85. The number of nitrogens with zero attached hydrogens (tertiary/aromatic N) is 1. The molecule has 0 atom stereocenters. The lowest BCUT2D eigenvalue weighted by atomic mass is 9.95. The lowest BCUT2D eigenvalue weighted by Gasteiger charge is -2.36. The zero-order chi connectivity index (χ0) is 21.8. The lowest BCUT2D eigenvalue weighted by Crippen LogP contribution is -2.40. The largest absolute Gasteiger partial charge is 0.381 e. The van der Waals surface area contributed by atoms with Crippen LogP contribution in [0.4, 0.5) is 5.69 Å². The second kappa shape index (κ2) is 9.92. The van der Waals surface area contributed by atoms with Gasteiger partial charge in [0.05, 0.1) is 0 Å². The fourth-order valence-corrected chi connectivity index (χ4v) is 4.89. The predicted octanol–water partition coefficient (Wildman–Crippen LogP) is 4.88. The summed E-state index contributed by atoms with van der Waals surface area (Å²) in [6.45, 7) is 10.4. The van der Waals surface area contributed by atoms with Crippen LogP contribution in [0.1, 0.15) is 58.9 Å². The monoisotopic (exact) mass is 474 g/mol. The molecule has 1 aromatic heterocycles. The minimum Gasteiger partial charge on any atom is -0.381 e. The summed E-state index contributed by atoms with van der Waals surface area (Å²) in [4.78, 5) is 30.7. The van der Waals surface area contributed by atoms with Gasteiger partial charge in [0, 0.05) is 59.2 Å². The van der Waals surface area contributed by atoms with Crippen molar-refractivity contribution < 1.29 is 9.53 Å². The molecule has 5 nitrogen and oxygen atoms in total. The Kier molecular flexibility index (Phi) is 7.53. The molecular formula is C24H31BrN2O3. The van der Waals surface area contributed by atoms with E-state index in [9.17, 15) is 9.59 Å². The van der Waals surface area contributed by atoms with E-state index in [-0.39, 0.29) is 11.3 Å². The highest BCUT2D eigenvalue weighted by Gasteiger charge is 2.24. The van der Waals surface area contributed by atoms with Crippen LogP contribution >= 0.6 is 15.9 Å². The number of H-pyrrole nitrogens is 1. The van der Waals surface area contributed by atoms with E-state index in [2.05, 4.69) is 38.8 Å². The number of benzene rings is 1. The molecule has 0 aliphatic carbocycles. The SMILES string of the molecule is CCN(c1cc(Br)cc(C(=O)CCc2c(C)cc(C)[nH]c2=O)c1C)C1CCOCC1. The van der Waals surface area contributed by atoms with Gasteiger partial charge < -0.3 is 14.6 Å². The number of carbonyl (C=O) groups excluding carboxylic acids is 1. The molecule has 30 heavy (non-hydrogen) atoms. The molecule has 1 aliphatic rings. The second-order valence-corrected chi connectivity index (χ2v) is 9.01. The first kappa shape index (κ1) is 22.8. The molecule has 6 heteroatoms. The Labute approximate surface area is 187 Å². The molecule has 0 radical (unpaired) electrons. The normalized spacial score (nSPS) is 14.7. The van der Waals surface area contributed by atoms with Gasteiger partial charge in [0.25, 0.3) is 5.56 Å². The third kappa shape index (κ3) is 5.03.